The van der Waals surface area contributed by atoms with Gasteiger partial charge in [-0.25, -0.2) is 0 Å². The lowest BCUT2D eigenvalue weighted by molar-refractivity contribution is 0.384. The Hall–Kier alpha value is -1.16. The molecule has 1 fully saturated rings. The molecule has 2 rings (SSSR count). The van der Waals surface area contributed by atoms with Crippen molar-refractivity contribution in [3.05, 3.63) is 18.3 Å². The van der Waals surface area contributed by atoms with Gasteiger partial charge in [0.15, 0.2) is 5.82 Å². The quantitative estimate of drug-likeness (QED) is 0.803. The Morgan fingerprint density at radius 2 is 2.20 bits per heavy atom. The van der Waals surface area contributed by atoms with Gasteiger partial charge in [0.25, 0.3) is 0 Å². The number of nitrogens with two attached hydrogens (primary N) is 1. The van der Waals surface area contributed by atoms with E-state index in [1.54, 1.807) is 6.20 Å². The number of aromatic nitrogens is 2. The largest absolute Gasteiger partial charge is 0.355 e. The molecule has 0 bridgehead atoms. The first kappa shape index (κ1) is 10.4. The molecule has 2 heterocycles. The van der Waals surface area contributed by atoms with Crippen LogP contribution in [-0.2, 0) is 0 Å². The van der Waals surface area contributed by atoms with Crippen molar-refractivity contribution in [3.8, 4) is 0 Å². The van der Waals surface area contributed by atoms with Gasteiger partial charge in [-0.1, -0.05) is 0 Å². The molecule has 0 aromatic carbocycles. The Bertz CT molecular complexity index is 280. The highest BCUT2D eigenvalue weighted by molar-refractivity contribution is 5.36. The van der Waals surface area contributed by atoms with Gasteiger partial charge >= 0.3 is 0 Å². The van der Waals surface area contributed by atoms with Crippen LogP contribution in [0.4, 0.5) is 5.82 Å². The molecule has 1 aromatic heterocycles. The van der Waals surface area contributed by atoms with E-state index >= 15 is 0 Å². The molecule has 4 heteroatoms. The lowest BCUT2D eigenvalue weighted by Gasteiger charge is -2.32. The van der Waals surface area contributed by atoms with Crippen LogP contribution in [0.3, 0.4) is 0 Å². The van der Waals surface area contributed by atoms with Crippen LogP contribution in [0.15, 0.2) is 18.3 Å². The molecule has 0 atom stereocenters. The van der Waals surface area contributed by atoms with Crippen LogP contribution in [0.25, 0.3) is 0 Å². The third kappa shape index (κ3) is 2.65. The molecule has 0 radical (unpaired) electrons. The van der Waals surface area contributed by atoms with Crippen molar-refractivity contribution in [2.75, 3.05) is 24.5 Å². The second-order valence-electron chi connectivity index (χ2n) is 4.09. The van der Waals surface area contributed by atoms with Gasteiger partial charge in [-0.15, -0.1) is 5.10 Å². The second kappa shape index (κ2) is 5.07. The summed E-state index contributed by atoms with van der Waals surface area (Å²) < 4.78 is 0. The number of rotatable bonds is 3. The minimum atomic E-state index is 0.808. The first-order chi connectivity index (χ1) is 7.40. The molecular formula is C11H18N4. The van der Waals surface area contributed by atoms with E-state index in [2.05, 4.69) is 15.1 Å². The van der Waals surface area contributed by atoms with Crippen LogP contribution >= 0.6 is 0 Å². The molecule has 1 aliphatic heterocycles. The van der Waals surface area contributed by atoms with E-state index in [0.717, 1.165) is 37.8 Å². The monoisotopic (exact) mass is 206 g/mol. The summed E-state index contributed by atoms with van der Waals surface area (Å²) >= 11 is 0. The van der Waals surface area contributed by atoms with Gasteiger partial charge in [0, 0.05) is 19.3 Å². The van der Waals surface area contributed by atoms with Crippen LogP contribution in [-0.4, -0.2) is 29.8 Å². The molecular weight excluding hydrogens is 188 g/mol. The van der Waals surface area contributed by atoms with E-state index in [0.29, 0.717) is 0 Å². The third-order valence-electron chi connectivity index (χ3n) is 3.07. The minimum Gasteiger partial charge on any atom is -0.355 e. The van der Waals surface area contributed by atoms with Crippen molar-refractivity contribution in [1.82, 2.24) is 10.2 Å². The zero-order valence-electron chi connectivity index (χ0n) is 8.97. The van der Waals surface area contributed by atoms with Gasteiger partial charge in [0.2, 0.25) is 0 Å². The number of anilines is 1. The van der Waals surface area contributed by atoms with Crippen molar-refractivity contribution >= 4 is 5.82 Å². The van der Waals surface area contributed by atoms with Crippen LogP contribution in [0, 0.1) is 5.92 Å². The Morgan fingerprint density at radius 3 is 2.80 bits per heavy atom. The van der Waals surface area contributed by atoms with Crippen LogP contribution in [0.2, 0.25) is 0 Å². The number of piperidine rings is 1. The molecule has 1 aliphatic rings. The highest BCUT2D eigenvalue weighted by Crippen LogP contribution is 2.22. The summed E-state index contributed by atoms with van der Waals surface area (Å²) in [7, 11) is 0. The van der Waals surface area contributed by atoms with Gasteiger partial charge in [-0.05, 0) is 43.9 Å². The topological polar surface area (TPSA) is 55.0 Å². The molecule has 4 nitrogen and oxygen atoms in total. The Labute approximate surface area is 90.5 Å². The van der Waals surface area contributed by atoms with Gasteiger partial charge in [0.1, 0.15) is 0 Å². The van der Waals surface area contributed by atoms with E-state index in [4.69, 9.17) is 5.73 Å². The maximum absolute atomic E-state index is 5.57. The predicted octanol–water partition coefficient (Wildman–Crippen LogP) is 1.04. The molecule has 1 aromatic rings. The molecule has 0 amide bonds. The standard InChI is InChI=1S/C11H18N4/c12-6-3-10-4-8-15(9-5-10)11-2-1-7-13-14-11/h1-2,7,10H,3-6,8-9,12H2. The van der Waals surface area contributed by atoms with Gasteiger partial charge in [-0.3, -0.25) is 0 Å². The Balaban J connectivity index is 1.88. The zero-order valence-corrected chi connectivity index (χ0v) is 8.97. The molecule has 1 saturated heterocycles. The highest BCUT2D eigenvalue weighted by atomic mass is 15.3. The summed E-state index contributed by atoms with van der Waals surface area (Å²) in [5, 5.41) is 8.03. The van der Waals surface area contributed by atoms with Crippen LogP contribution in [0.1, 0.15) is 19.3 Å². The summed E-state index contributed by atoms with van der Waals surface area (Å²) in [5.41, 5.74) is 5.57. The molecule has 0 aliphatic carbocycles. The van der Waals surface area contributed by atoms with Gasteiger partial charge < -0.3 is 10.6 Å². The summed E-state index contributed by atoms with van der Waals surface area (Å²) in [6.45, 7) is 2.99. The summed E-state index contributed by atoms with van der Waals surface area (Å²) in [6, 6.07) is 3.96. The van der Waals surface area contributed by atoms with Crippen molar-refractivity contribution in [2.24, 2.45) is 11.7 Å². The van der Waals surface area contributed by atoms with Gasteiger partial charge in [0.05, 0.1) is 0 Å². The van der Waals surface area contributed by atoms with E-state index < -0.39 is 0 Å². The number of hydrogen-bond donors (Lipinski definition) is 1. The van der Waals surface area contributed by atoms with Crippen molar-refractivity contribution in [2.45, 2.75) is 19.3 Å². The average Bonchev–Trinajstić information content (AvgIpc) is 2.32. The molecule has 82 valence electrons. The highest BCUT2D eigenvalue weighted by Gasteiger charge is 2.19. The fourth-order valence-electron chi connectivity index (χ4n) is 2.15. The average molecular weight is 206 g/mol. The van der Waals surface area contributed by atoms with Gasteiger partial charge in [-0.2, -0.15) is 5.10 Å². The summed E-state index contributed by atoms with van der Waals surface area (Å²) in [5.74, 6) is 1.81. The summed E-state index contributed by atoms with van der Waals surface area (Å²) in [4.78, 5) is 2.31. The lowest BCUT2D eigenvalue weighted by atomic mass is 9.94. The Kier molecular flexibility index (Phi) is 3.50. The lowest BCUT2D eigenvalue weighted by Crippen LogP contribution is -2.34. The molecule has 15 heavy (non-hydrogen) atoms. The fraction of sp³-hybridized carbons (Fsp3) is 0.636. The third-order valence-corrected chi connectivity index (χ3v) is 3.07. The van der Waals surface area contributed by atoms with Crippen LogP contribution in [0.5, 0.6) is 0 Å². The van der Waals surface area contributed by atoms with E-state index in [1.165, 1.54) is 12.8 Å². The minimum absolute atomic E-state index is 0.808. The fourth-order valence-corrected chi connectivity index (χ4v) is 2.15. The first-order valence-corrected chi connectivity index (χ1v) is 5.63. The van der Waals surface area contributed by atoms with E-state index in [9.17, 15) is 0 Å². The smallest absolute Gasteiger partial charge is 0.151 e. The molecule has 0 saturated carbocycles. The molecule has 0 spiro atoms. The van der Waals surface area contributed by atoms with Crippen molar-refractivity contribution < 1.29 is 0 Å². The predicted molar refractivity (Wildman–Crippen MR) is 60.6 cm³/mol. The first-order valence-electron chi connectivity index (χ1n) is 5.63. The molecule has 0 unspecified atom stereocenters. The summed E-state index contributed by atoms with van der Waals surface area (Å²) in [6.07, 6.45) is 5.33. The molecule has 2 N–H and O–H groups in total. The SMILES string of the molecule is NCCC1CCN(c2cccnn2)CC1. The maximum Gasteiger partial charge on any atom is 0.151 e. The zero-order chi connectivity index (χ0) is 10.5. The number of hydrogen-bond acceptors (Lipinski definition) is 4. The normalized spacial score (nSPS) is 18.1. The van der Waals surface area contributed by atoms with Crippen LogP contribution < -0.4 is 10.6 Å². The van der Waals surface area contributed by atoms with E-state index in [-0.39, 0.29) is 0 Å². The van der Waals surface area contributed by atoms with Crippen molar-refractivity contribution in [1.29, 1.82) is 0 Å². The second-order valence-corrected chi connectivity index (χ2v) is 4.09. The van der Waals surface area contributed by atoms with Crippen molar-refractivity contribution in [3.63, 3.8) is 0 Å². The van der Waals surface area contributed by atoms with E-state index in [1.807, 2.05) is 12.1 Å². The Morgan fingerprint density at radius 1 is 1.40 bits per heavy atom. The number of nitrogens with zero attached hydrogens (tertiary/aromatic N) is 3. The maximum atomic E-state index is 5.57.